The minimum absolute atomic E-state index is 0. The van der Waals surface area contributed by atoms with Crippen LogP contribution in [0.3, 0.4) is 0 Å². The number of aliphatic carboxylic acids is 1. The molecule has 0 radical (unpaired) electrons. The summed E-state index contributed by atoms with van der Waals surface area (Å²) >= 11 is 5.90. The summed E-state index contributed by atoms with van der Waals surface area (Å²) in [6, 6.07) is 7.29. The maximum atomic E-state index is 11.1. The number of carbonyl (C=O) groups excluding carboxylic acids is 1. The van der Waals surface area contributed by atoms with E-state index in [9.17, 15) is 9.90 Å². The summed E-state index contributed by atoms with van der Waals surface area (Å²) < 4.78 is 5.72. The minimum atomic E-state index is -1.03. The molecular formula is C15H19ClLiNO3. The van der Waals surface area contributed by atoms with Crippen LogP contribution in [0.1, 0.15) is 20.3 Å². The molecule has 1 aromatic rings. The molecule has 0 aliphatic carbocycles. The van der Waals surface area contributed by atoms with E-state index in [1.165, 1.54) is 0 Å². The zero-order chi connectivity index (χ0) is 14.8. The summed E-state index contributed by atoms with van der Waals surface area (Å²) in [5.74, 6) is 0.0385. The Morgan fingerprint density at radius 3 is 2.86 bits per heavy atom. The number of halogens is 1. The molecule has 0 amide bonds. The number of likely N-dealkylation sites (tertiary alicyclic amines) is 1. The Labute approximate surface area is 142 Å². The monoisotopic (exact) mass is 303 g/mol. The van der Waals surface area contributed by atoms with Crippen molar-refractivity contribution in [3.05, 3.63) is 29.3 Å². The molecule has 6 heteroatoms. The SMILES string of the molecule is CC(C)(C(=O)[O-])N1CCC(COc2cccc(Cl)c2)C1.[Li+]. The van der Waals surface area contributed by atoms with Gasteiger partial charge in [-0.2, -0.15) is 0 Å². The van der Waals surface area contributed by atoms with E-state index in [1.807, 2.05) is 17.0 Å². The molecule has 0 saturated carbocycles. The standard InChI is InChI=1S/C15H20ClNO3.Li/c1-15(2,14(18)19)17-7-6-11(9-17)10-20-13-5-3-4-12(16)8-13;/h3-5,8,11H,6-7,9-10H2,1-2H3,(H,18,19);/q;+1/p-1. The van der Waals surface area contributed by atoms with E-state index in [0.29, 0.717) is 24.1 Å². The predicted octanol–water partition coefficient (Wildman–Crippen LogP) is -1.43. The van der Waals surface area contributed by atoms with E-state index in [2.05, 4.69) is 0 Å². The molecule has 1 aliphatic heterocycles. The van der Waals surface area contributed by atoms with Crippen LogP contribution in [0, 0.1) is 5.92 Å². The van der Waals surface area contributed by atoms with Crippen LogP contribution in [0.25, 0.3) is 0 Å². The van der Waals surface area contributed by atoms with E-state index in [1.54, 1.807) is 26.0 Å². The quantitative estimate of drug-likeness (QED) is 0.626. The molecule has 2 rings (SSSR count). The molecule has 1 unspecified atom stereocenters. The first-order chi connectivity index (χ1) is 9.39. The van der Waals surface area contributed by atoms with Crippen LogP contribution in [0.2, 0.25) is 5.02 Å². The average molecular weight is 304 g/mol. The maximum Gasteiger partial charge on any atom is 1.00 e. The van der Waals surface area contributed by atoms with Crippen LogP contribution in [0.4, 0.5) is 0 Å². The molecule has 1 fully saturated rings. The molecule has 21 heavy (non-hydrogen) atoms. The Morgan fingerprint density at radius 1 is 1.52 bits per heavy atom. The minimum Gasteiger partial charge on any atom is -0.548 e. The van der Waals surface area contributed by atoms with Crippen molar-refractivity contribution < 1.29 is 33.5 Å². The number of carbonyl (C=O) groups is 1. The smallest absolute Gasteiger partial charge is 0.548 e. The first-order valence-corrected chi connectivity index (χ1v) is 7.12. The van der Waals surface area contributed by atoms with Gasteiger partial charge in [0, 0.05) is 17.5 Å². The van der Waals surface area contributed by atoms with E-state index in [4.69, 9.17) is 16.3 Å². The summed E-state index contributed by atoms with van der Waals surface area (Å²) in [5, 5.41) is 11.8. The van der Waals surface area contributed by atoms with Crippen molar-refractivity contribution >= 4 is 17.6 Å². The number of rotatable bonds is 5. The van der Waals surface area contributed by atoms with Crippen molar-refractivity contribution in [3.8, 4) is 5.75 Å². The summed E-state index contributed by atoms with van der Waals surface area (Å²) in [6.45, 7) is 5.40. The third-order valence-corrected chi connectivity index (χ3v) is 4.09. The Bertz CT molecular complexity index is 496. The van der Waals surface area contributed by atoms with Crippen molar-refractivity contribution in [3.63, 3.8) is 0 Å². The molecule has 1 aromatic carbocycles. The van der Waals surface area contributed by atoms with Crippen molar-refractivity contribution in [2.24, 2.45) is 5.92 Å². The molecule has 110 valence electrons. The predicted molar refractivity (Wildman–Crippen MR) is 75.7 cm³/mol. The van der Waals surface area contributed by atoms with E-state index < -0.39 is 11.5 Å². The second-order valence-corrected chi connectivity index (χ2v) is 6.15. The Balaban J connectivity index is 0.00000220. The van der Waals surface area contributed by atoms with Gasteiger partial charge in [0.2, 0.25) is 0 Å². The molecule has 0 aromatic heterocycles. The van der Waals surface area contributed by atoms with E-state index in [-0.39, 0.29) is 18.9 Å². The molecule has 1 aliphatic rings. The summed E-state index contributed by atoms with van der Waals surface area (Å²) in [7, 11) is 0. The fourth-order valence-corrected chi connectivity index (χ4v) is 2.56. The number of hydrogen-bond donors (Lipinski definition) is 0. The number of ether oxygens (including phenoxy) is 1. The molecule has 0 spiro atoms. The van der Waals surface area contributed by atoms with Crippen LogP contribution in [0.5, 0.6) is 5.75 Å². The number of carboxylic acids is 1. The van der Waals surface area contributed by atoms with E-state index in [0.717, 1.165) is 18.7 Å². The molecular weight excluding hydrogens is 285 g/mol. The van der Waals surface area contributed by atoms with Gasteiger partial charge in [0.05, 0.1) is 18.1 Å². The third kappa shape index (κ3) is 4.65. The first-order valence-electron chi connectivity index (χ1n) is 6.74. The number of nitrogens with zero attached hydrogens (tertiary/aromatic N) is 1. The molecule has 4 nitrogen and oxygen atoms in total. The second kappa shape index (κ2) is 7.55. The number of carboxylic acid groups (broad SMARTS) is 1. The van der Waals surface area contributed by atoms with E-state index >= 15 is 0 Å². The van der Waals surface area contributed by atoms with Crippen LogP contribution < -0.4 is 28.7 Å². The third-order valence-electron chi connectivity index (χ3n) is 3.86. The van der Waals surface area contributed by atoms with Crippen LogP contribution in [0.15, 0.2) is 24.3 Å². The van der Waals surface area contributed by atoms with Gasteiger partial charge in [0.15, 0.2) is 0 Å². The van der Waals surface area contributed by atoms with Gasteiger partial charge in [-0.25, -0.2) is 0 Å². The molecule has 1 atom stereocenters. The zero-order valence-electron chi connectivity index (χ0n) is 12.8. The normalized spacial score (nSPS) is 19.1. The summed E-state index contributed by atoms with van der Waals surface area (Å²) in [4.78, 5) is 13.1. The van der Waals surface area contributed by atoms with Crippen LogP contribution >= 0.6 is 11.6 Å². The number of benzene rings is 1. The Kier molecular flexibility index (Phi) is 6.61. The van der Waals surface area contributed by atoms with Gasteiger partial charge in [0.1, 0.15) is 5.75 Å². The van der Waals surface area contributed by atoms with Gasteiger partial charge in [-0.3, -0.25) is 4.90 Å². The molecule has 0 N–H and O–H groups in total. The van der Waals surface area contributed by atoms with Gasteiger partial charge < -0.3 is 14.6 Å². The topological polar surface area (TPSA) is 52.6 Å². The largest absolute Gasteiger partial charge is 1.00 e. The summed E-state index contributed by atoms with van der Waals surface area (Å²) in [5.41, 5.74) is -0.926. The summed E-state index contributed by atoms with van der Waals surface area (Å²) in [6.07, 6.45) is 0.928. The Hall–Kier alpha value is -0.663. The van der Waals surface area contributed by atoms with Crippen molar-refractivity contribution in [1.82, 2.24) is 4.90 Å². The fraction of sp³-hybridized carbons (Fsp3) is 0.533. The van der Waals surface area contributed by atoms with Gasteiger partial charge in [-0.1, -0.05) is 17.7 Å². The maximum absolute atomic E-state index is 11.1. The average Bonchev–Trinajstić information content (AvgIpc) is 2.85. The van der Waals surface area contributed by atoms with Gasteiger partial charge in [-0.05, 0) is 45.0 Å². The van der Waals surface area contributed by atoms with Crippen LogP contribution in [-0.2, 0) is 4.79 Å². The molecule has 0 bridgehead atoms. The van der Waals surface area contributed by atoms with Gasteiger partial charge in [-0.15, -0.1) is 0 Å². The van der Waals surface area contributed by atoms with Crippen molar-refractivity contribution in [2.75, 3.05) is 19.7 Å². The molecule has 1 heterocycles. The fourth-order valence-electron chi connectivity index (χ4n) is 2.38. The zero-order valence-corrected chi connectivity index (χ0v) is 13.5. The van der Waals surface area contributed by atoms with Gasteiger partial charge >= 0.3 is 18.9 Å². The molecule has 1 saturated heterocycles. The van der Waals surface area contributed by atoms with Crippen molar-refractivity contribution in [1.29, 1.82) is 0 Å². The second-order valence-electron chi connectivity index (χ2n) is 5.72. The van der Waals surface area contributed by atoms with Crippen molar-refractivity contribution in [2.45, 2.75) is 25.8 Å². The Morgan fingerprint density at radius 2 is 2.24 bits per heavy atom. The van der Waals surface area contributed by atoms with Crippen LogP contribution in [-0.4, -0.2) is 36.1 Å². The van der Waals surface area contributed by atoms with Gasteiger partial charge in [0.25, 0.3) is 0 Å². The number of hydrogen-bond acceptors (Lipinski definition) is 4. The first kappa shape index (κ1) is 18.4.